The monoisotopic (exact) mass is 478 g/mol. The SMILES string of the molecule is CC1(C(=O)N[C@H]2CC[C@@H](C(=O)O)C2)COCC1NC(=O)OCC1c2ccccc2-c2ccccc21. The molecule has 0 bridgehead atoms. The summed E-state index contributed by atoms with van der Waals surface area (Å²) in [5.74, 6) is -1.54. The zero-order valence-corrected chi connectivity index (χ0v) is 19.7. The molecule has 2 unspecified atom stereocenters. The van der Waals surface area contributed by atoms with Crippen molar-refractivity contribution in [3.8, 4) is 11.1 Å². The zero-order valence-electron chi connectivity index (χ0n) is 19.7. The largest absolute Gasteiger partial charge is 0.481 e. The van der Waals surface area contributed by atoms with Crippen LogP contribution in [-0.2, 0) is 19.1 Å². The molecule has 2 aromatic rings. The Balaban J connectivity index is 1.20. The van der Waals surface area contributed by atoms with E-state index in [0.717, 1.165) is 22.3 Å². The fourth-order valence-corrected chi connectivity index (χ4v) is 5.57. The van der Waals surface area contributed by atoms with E-state index in [9.17, 15) is 19.5 Å². The van der Waals surface area contributed by atoms with Gasteiger partial charge in [0.15, 0.2) is 0 Å². The molecule has 0 spiro atoms. The van der Waals surface area contributed by atoms with Crippen molar-refractivity contribution in [3.63, 3.8) is 0 Å². The minimum Gasteiger partial charge on any atom is -0.481 e. The topological polar surface area (TPSA) is 114 Å². The number of ether oxygens (including phenoxy) is 2. The highest BCUT2D eigenvalue weighted by Gasteiger charge is 2.48. The van der Waals surface area contributed by atoms with E-state index < -0.39 is 29.4 Å². The summed E-state index contributed by atoms with van der Waals surface area (Å²) in [6, 6.07) is 15.5. The van der Waals surface area contributed by atoms with Crippen LogP contribution in [-0.4, -0.2) is 55.0 Å². The Kier molecular flexibility index (Phi) is 6.23. The number of carbonyl (C=O) groups is 3. The third-order valence-electron chi connectivity index (χ3n) is 7.73. The lowest BCUT2D eigenvalue weighted by Gasteiger charge is -2.30. The van der Waals surface area contributed by atoms with E-state index in [1.807, 2.05) is 24.3 Å². The molecule has 184 valence electrons. The second-order valence-electron chi connectivity index (χ2n) is 9.97. The maximum atomic E-state index is 13.1. The summed E-state index contributed by atoms with van der Waals surface area (Å²) in [4.78, 5) is 37.1. The van der Waals surface area contributed by atoms with Crippen molar-refractivity contribution in [1.29, 1.82) is 0 Å². The van der Waals surface area contributed by atoms with Gasteiger partial charge in [0.05, 0.1) is 30.6 Å². The first-order valence-corrected chi connectivity index (χ1v) is 12.1. The van der Waals surface area contributed by atoms with Gasteiger partial charge < -0.3 is 25.2 Å². The van der Waals surface area contributed by atoms with Gasteiger partial charge in [0.25, 0.3) is 0 Å². The standard InChI is InChI=1S/C27H30N2O6/c1-27(25(32)28-17-11-10-16(12-17)24(30)31)15-34-14-23(27)29-26(33)35-13-22-20-8-4-2-6-18(20)19-7-3-5-9-21(19)22/h2-9,16-17,22-23H,10-15H2,1H3,(H,28,32)(H,29,33)(H,30,31)/t16-,17+,23?,27?/m1/s1. The fraction of sp³-hybridized carbons (Fsp3) is 0.444. The maximum absolute atomic E-state index is 13.1. The van der Waals surface area contributed by atoms with Gasteiger partial charge in [-0.2, -0.15) is 0 Å². The molecule has 0 radical (unpaired) electrons. The number of nitrogens with one attached hydrogen (secondary N) is 2. The molecule has 1 saturated carbocycles. The highest BCUT2D eigenvalue weighted by atomic mass is 16.5. The summed E-state index contributed by atoms with van der Waals surface area (Å²) < 4.78 is 11.2. The Morgan fingerprint density at radius 1 is 1.03 bits per heavy atom. The molecule has 2 fully saturated rings. The number of alkyl carbamates (subject to hydrolysis) is 1. The fourth-order valence-electron chi connectivity index (χ4n) is 5.57. The Bertz CT molecular complexity index is 1100. The van der Waals surface area contributed by atoms with Crippen LogP contribution in [0.5, 0.6) is 0 Å². The van der Waals surface area contributed by atoms with Crippen molar-refractivity contribution in [2.75, 3.05) is 19.8 Å². The number of carbonyl (C=O) groups excluding carboxylic acids is 2. The van der Waals surface area contributed by atoms with Gasteiger partial charge in [0, 0.05) is 12.0 Å². The summed E-state index contributed by atoms with van der Waals surface area (Å²) in [6.45, 7) is 2.32. The number of hydrogen-bond acceptors (Lipinski definition) is 5. The number of amides is 2. The number of benzene rings is 2. The molecule has 35 heavy (non-hydrogen) atoms. The van der Waals surface area contributed by atoms with Crippen molar-refractivity contribution < 1.29 is 29.0 Å². The summed E-state index contributed by atoms with van der Waals surface area (Å²) in [5.41, 5.74) is 3.61. The lowest BCUT2D eigenvalue weighted by atomic mass is 9.84. The van der Waals surface area contributed by atoms with Crippen LogP contribution in [0.15, 0.2) is 48.5 Å². The van der Waals surface area contributed by atoms with E-state index in [0.29, 0.717) is 19.3 Å². The van der Waals surface area contributed by atoms with Gasteiger partial charge in [-0.3, -0.25) is 9.59 Å². The molecule has 5 rings (SSSR count). The number of rotatable bonds is 6. The zero-order chi connectivity index (χ0) is 24.6. The summed E-state index contributed by atoms with van der Waals surface area (Å²) in [6.07, 6.45) is 1.01. The first kappa shape index (κ1) is 23.4. The molecule has 3 aliphatic rings. The minimum atomic E-state index is -0.965. The van der Waals surface area contributed by atoms with E-state index in [1.54, 1.807) is 6.92 Å². The van der Waals surface area contributed by atoms with Gasteiger partial charge in [0.2, 0.25) is 5.91 Å². The van der Waals surface area contributed by atoms with Crippen LogP contribution >= 0.6 is 0 Å². The average molecular weight is 479 g/mol. The summed E-state index contributed by atoms with van der Waals surface area (Å²) in [7, 11) is 0. The highest BCUT2D eigenvalue weighted by Crippen LogP contribution is 2.44. The van der Waals surface area contributed by atoms with E-state index in [2.05, 4.69) is 34.9 Å². The number of aliphatic carboxylic acids is 1. The molecule has 8 nitrogen and oxygen atoms in total. The number of carboxylic acid groups (broad SMARTS) is 1. The van der Waals surface area contributed by atoms with Crippen LogP contribution in [0.3, 0.4) is 0 Å². The van der Waals surface area contributed by atoms with Crippen LogP contribution in [0.25, 0.3) is 11.1 Å². The number of hydrogen-bond donors (Lipinski definition) is 3. The van der Waals surface area contributed by atoms with Crippen LogP contribution in [0.4, 0.5) is 4.79 Å². The molecule has 4 atom stereocenters. The first-order valence-electron chi connectivity index (χ1n) is 12.1. The molecular formula is C27H30N2O6. The third-order valence-corrected chi connectivity index (χ3v) is 7.73. The predicted molar refractivity (Wildman–Crippen MR) is 128 cm³/mol. The molecule has 1 heterocycles. The Morgan fingerprint density at radius 2 is 1.69 bits per heavy atom. The van der Waals surface area contributed by atoms with Gasteiger partial charge >= 0.3 is 12.1 Å². The van der Waals surface area contributed by atoms with Crippen molar-refractivity contribution in [3.05, 3.63) is 59.7 Å². The van der Waals surface area contributed by atoms with Crippen LogP contribution in [0.2, 0.25) is 0 Å². The van der Waals surface area contributed by atoms with Crippen molar-refractivity contribution in [1.82, 2.24) is 10.6 Å². The van der Waals surface area contributed by atoms with Crippen LogP contribution in [0.1, 0.15) is 43.2 Å². The van der Waals surface area contributed by atoms with Crippen LogP contribution < -0.4 is 10.6 Å². The van der Waals surface area contributed by atoms with Gasteiger partial charge in [-0.25, -0.2) is 4.79 Å². The summed E-state index contributed by atoms with van der Waals surface area (Å²) >= 11 is 0. The second-order valence-corrected chi connectivity index (χ2v) is 9.97. The van der Waals surface area contributed by atoms with E-state index in [-0.39, 0.29) is 37.7 Å². The third kappa shape index (κ3) is 4.38. The van der Waals surface area contributed by atoms with Gasteiger partial charge in [0.1, 0.15) is 6.61 Å². The van der Waals surface area contributed by atoms with Crippen molar-refractivity contribution >= 4 is 18.0 Å². The second kappa shape index (κ2) is 9.34. The molecule has 3 N–H and O–H groups in total. The molecule has 2 aromatic carbocycles. The molecular weight excluding hydrogens is 448 g/mol. The highest BCUT2D eigenvalue weighted by molar-refractivity contribution is 5.85. The van der Waals surface area contributed by atoms with Gasteiger partial charge in [-0.1, -0.05) is 48.5 Å². The smallest absolute Gasteiger partial charge is 0.407 e. The molecule has 8 heteroatoms. The molecule has 2 amide bonds. The van der Waals surface area contributed by atoms with E-state index >= 15 is 0 Å². The van der Waals surface area contributed by atoms with Gasteiger partial charge in [-0.15, -0.1) is 0 Å². The minimum absolute atomic E-state index is 0.0489. The number of fused-ring (bicyclic) bond motifs is 3. The Labute approximate surface area is 204 Å². The van der Waals surface area contributed by atoms with Gasteiger partial charge in [-0.05, 0) is 48.4 Å². The molecule has 2 aliphatic carbocycles. The Hall–Kier alpha value is -3.39. The maximum Gasteiger partial charge on any atom is 0.407 e. The lowest BCUT2D eigenvalue weighted by Crippen LogP contribution is -2.55. The quantitative estimate of drug-likeness (QED) is 0.587. The summed E-state index contributed by atoms with van der Waals surface area (Å²) in [5, 5.41) is 15.0. The Morgan fingerprint density at radius 3 is 2.31 bits per heavy atom. The van der Waals surface area contributed by atoms with Crippen molar-refractivity contribution in [2.45, 2.75) is 44.2 Å². The normalized spacial score (nSPS) is 27.2. The molecule has 0 aromatic heterocycles. The van der Waals surface area contributed by atoms with E-state index in [4.69, 9.17) is 9.47 Å². The van der Waals surface area contributed by atoms with Crippen LogP contribution in [0, 0.1) is 11.3 Å². The first-order chi connectivity index (χ1) is 16.9. The van der Waals surface area contributed by atoms with Crippen molar-refractivity contribution in [2.24, 2.45) is 11.3 Å². The molecule has 1 aliphatic heterocycles. The molecule has 1 saturated heterocycles. The lowest BCUT2D eigenvalue weighted by molar-refractivity contribution is -0.141. The predicted octanol–water partition coefficient (Wildman–Crippen LogP) is 3.30. The average Bonchev–Trinajstić information content (AvgIpc) is 3.55. The number of carboxylic acids is 1. The van der Waals surface area contributed by atoms with E-state index in [1.165, 1.54) is 0 Å².